The van der Waals surface area contributed by atoms with E-state index in [-0.39, 0.29) is 12.5 Å². The number of rotatable bonds is 7. The molecular weight excluding hydrogens is 372 g/mol. The minimum atomic E-state index is -0.579. The van der Waals surface area contributed by atoms with E-state index in [2.05, 4.69) is 11.4 Å². The molecular formula is C22H22N2O3S. The first kappa shape index (κ1) is 19.8. The quantitative estimate of drug-likeness (QED) is 0.627. The van der Waals surface area contributed by atoms with E-state index in [0.29, 0.717) is 17.2 Å². The van der Waals surface area contributed by atoms with Crippen molar-refractivity contribution in [1.82, 2.24) is 0 Å². The van der Waals surface area contributed by atoms with Crippen molar-refractivity contribution in [3.8, 4) is 10.4 Å². The van der Waals surface area contributed by atoms with Crippen molar-refractivity contribution in [2.24, 2.45) is 5.73 Å². The Kier molecular flexibility index (Phi) is 6.23. The summed E-state index contributed by atoms with van der Waals surface area (Å²) in [6.45, 7) is 4.29. The summed E-state index contributed by atoms with van der Waals surface area (Å²) in [6.07, 6.45) is 0. The number of benzene rings is 2. The lowest BCUT2D eigenvalue weighted by molar-refractivity contribution is -0.121. The number of carbonyl (C=O) groups is 2. The third kappa shape index (κ3) is 4.85. The summed E-state index contributed by atoms with van der Waals surface area (Å²) >= 11 is 1.31. The van der Waals surface area contributed by atoms with Crippen LogP contribution in [0.2, 0.25) is 0 Å². The van der Waals surface area contributed by atoms with Gasteiger partial charge in [0.25, 0.3) is 11.8 Å². The third-order valence-electron chi connectivity index (χ3n) is 4.30. The number of amides is 2. The Labute approximate surface area is 168 Å². The predicted octanol–water partition coefficient (Wildman–Crippen LogP) is 4.29. The van der Waals surface area contributed by atoms with Crippen LogP contribution in [0.15, 0.2) is 54.6 Å². The lowest BCUT2D eigenvalue weighted by Crippen LogP contribution is -2.20. The van der Waals surface area contributed by atoms with E-state index < -0.39 is 5.91 Å². The molecule has 0 bridgehead atoms. The lowest BCUT2D eigenvalue weighted by Gasteiger charge is -2.08. The van der Waals surface area contributed by atoms with Crippen LogP contribution in [0.3, 0.4) is 0 Å². The fraction of sp³-hybridized carbons (Fsp3) is 0.182. The highest BCUT2D eigenvalue weighted by Crippen LogP contribution is 2.35. The average Bonchev–Trinajstić information content (AvgIpc) is 3.08. The van der Waals surface area contributed by atoms with Gasteiger partial charge in [-0.25, -0.2) is 0 Å². The van der Waals surface area contributed by atoms with Gasteiger partial charge in [-0.05, 0) is 36.6 Å². The Morgan fingerprint density at radius 1 is 1.07 bits per heavy atom. The molecule has 0 fully saturated rings. The lowest BCUT2D eigenvalue weighted by atomic mass is 10.1. The maximum atomic E-state index is 12.3. The molecule has 0 unspecified atom stereocenters. The van der Waals surface area contributed by atoms with E-state index in [4.69, 9.17) is 10.5 Å². The number of thiophene rings is 1. The van der Waals surface area contributed by atoms with E-state index >= 15 is 0 Å². The smallest absolute Gasteiger partial charge is 0.251 e. The highest BCUT2D eigenvalue weighted by molar-refractivity contribution is 7.20. The molecule has 6 heteroatoms. The second-order valence-electron chi connectivity index (χ2n) is 6.55. The fourth-order valence-electron chi connectivity index (χ4n) is 2.84. The number of primary amides is 1. The molecule has 3 rings (SSSR count). The van der Waals surface area contributed by atoms with Crippen molar-refractivity contribution in [2.45, 2.75) is 20.5 Å². The van der Waals surface area contributed by atoms with Gasteiger partial charge >= 0.3 is 0 Å². The van der Waals surface area contributed by atoms with Crippen LogP contribution in [0.4, 0.5) is 5.00 Å². The first-order chi connectivity index (χ1) is 13.4. The summed E-state index contributed by atoms with van der Waals surface area (Å²) in [5, 5.41) is 3.18. The van der Waals surface area contributed by atoms with E-state index in [1.165, 1.54) is 16.9 Å². The number of nitrogens with two attached hydrogens (primary N) is 1. The average molecular weight is 394 g/mol. The van der Waals surface area contributed by atoms with Crippen LogP contribution in [0.25, 0.3) is 10.4 Å². The van der Waals surface area contributed by atoms with Crippen molar-refractivity contribution in [3.05, 3.63) is 76.9 Å². The largest absolute Gasteiger partial charge is 0.367 e. The number of anilines is 1. The molecule has 28 heavy (non-hydrogen) atoms. The molecule has 2 amide bonds. The first-order valence-electron chi connectivity index (χ1n) is 8.87. The number of hydrogen-bond donors (Lipinski definition) is 2. The highest BCUT2D eigenvalue weighted by Gasteiger charge is 2.17. The topological polar surface area (TPSA) is 81.4 Å². The summed E-state index contributed by atoms with van der Waals surface area (Å²) in [7, 11) is 0. The number of hydrogen-bond acceptors (Lipinski definition) is 4. The first-order valence-corrected chi connectivity index (χ1v) is 9.68. The second-order valence-corrected chi connectivity index (χ2v) is 7.61. The zero-order valence-corrected chi connectivity index (χ0v) is 16.6. The van der Waals surface area contributed by atoms with Gasteiger partial charge in [-0.1, -0.05) is 54.1 Å². The van der Waals surface area contributed by atoms with Gasteiger partial charge in [0.1, 0.15) is 11.6 Å². The molecule has 3 N–H and O–H groups in total. The molecule has 5 nitrogen and oxygen atoms in total. The minimum Gasteiger partial charge on any atom is -0.367 e. The van der Waals surface area contributed by atoms with Gasteiger partial charge in [0.15, 0.2) is 0 Å². The summed E-state index contributed by atoms with van der Waals surface area (Å²) in [5.74, 6) is -0.904. The number of nitrogens with one attached hydrogen (secondary N) is 1. The molecule has 0 atom stereocenters. The molecule has 0 saturated carbocycles. The van der Waals surface area contributed by atoms with E-state index in [0.717, 1.165) is 21.6 Å². The molecule has 0 aliphatic heterocycles. The van der Waals surface area contributed by atoms with Gasteiger partial charge in [-0.2, -0.15) is 0 Å². The normalized spacial score (nSPS) is 10.6. The Bertz CT molecular complexity index is 996. The molecule has 1 aromatic heterocycles. The van der Waals surface area contributed by atoms with Gasteiger partial charge in [0.2, 0.25) is 0 Å². The van der Waals surface area contributed by atoms with Crippen molar-refractivity contribution in [2.75, 3.05) is 11.9 Å². The van der Waals surface area contributed by atoms with Crippen LogP contribution in [0.1, 0.15) is 27.0 Å². The Morgan fingerprint density at radius 3 is 2.50 bits per heavy atom. The van der Waals surface area contributed by atoms with Crippen molar-refractivity contribution in [1.29, 1.82) is 0 Å². The summed E-state index contributed by atoms with van der Waals surface area (Å²) < 4.78 is 5.54. The maximum absolute atomic E-state index is 12.3. The van der Waals surface area contributed by atoms with Crippen LogP contribution in [-0.2, 0) is 16.1 Å². The van der Waals surface area contributed by atoms with E-state index in [1.807, 2.05) is 56.3 Å². The molecule has 3 aromatic rings. The zero-order chi connectivity index (χ0) is 20.1. The maximum Gasteiger partial charge on any atom is 0.251 e. The summed E-state index contributed by atoms with van der Waals surface area (Å²) in [6, 6.07) is 17.4. The predicted molar refractivity (Wildman–Crippen MR) is 112 cm³/mol. The SMILES string of the molecule is Cc1ccc(COCC(=O)Nc2sc(-c3ccccc3)cc2C(N)=O)c(C)c1. The van der Waals surface area contributed by atoms with Gasteiger partial charge in [-0.3, -0.25) is 9.59 Å². The summed E-state index contributed by atoms with van der Waals surface area (Å²) in [4.78, 5) is 24.9. The molecule has 0 spiro atoms. The van der Waals surface area contributed by atoms with Gasteiger partial charge in [-0.15, -0.1) is 11.3 Å². The molecule has 0 radical (unpaired) electrons. The minimum absolute atomic E-state index is 0.107. The molecule has 0 saturated heterocycles. The van der Waals surface area contributed by atoms with Crippen molar-refractivity contribution >= 4 is 28.2 Å². The number of ether oxygens (including phenoxy) is 1. The molecule has 2 aromatic carbocycles. The van der Waals surface area contributed by atoms with Crippen molar-refractivity contribution < 1.29 is 14.3 Å². The van der Waals surface area contributed by atoms with Crippen LogP contribution < -0.4 is 11.1 Å². The fourth-order valence-corrected chi connectivity index (χ4v) is 3.92. The van der Waals surface area contributed by atoms with Crippen LogP contribution >= 0.6 is 11.3 Å². The highest BCUT2D eigenvalue weighted by atomic mass is 32.1. The molecule has 0 aliphatic carbocycles. The Morgan fingerprint density at radius 2 is 1.82 bits per heavy atom. The van der Waals surface area contributed by atoms with Gasteiger partial charge < -0.3 is 15.8 Å². The molecule has 144 valence electrons. The van der Waals surface area contributed by atoms with E-state index in [1.54, 1.807) is 6.07 Å². The van der Waals surface area contributed by atoms with Crippen LogP contribution in [0, 0.1) is 13.8 Å². The standard InChI is InChI=1S/C22H22N2O3S/c1-14-8-9-17(15(2)10-14)12-27-13-20(25)24-22-18(21(23)26)11-19(28-22)16-6-4-3-5-7-16/h3-11H,12-13H2,1-2H3,(H2,23,26)(H,24,25). The molecule has 0 aliphatic rings. The van der Waals surface area contributed by atoms with Crippen LogP contribution in [-0.4, -0.2) is 18.4 Å². The van der Waals surface area contributed by atoms with Crippen molar-refractivity contribution in [3.63, 3.8) is 0 Å². The number of aryl methyl sites for hydroxylation is 2. The zero-order valence-electron chi connectivity index (χ0n) is 15.8. The van der Waals surface area contributed by atoms with Gasteiger partial charge in [0, 0.05) is 4.88 Å². The monoisotopic (exact) mass is 394 g/mol. The Hall–Kier alpha value is -2.96. The van der Waals surface area contributed by atoms with E-state index in [9.17, 15) is 9.59 Å². The Balaban J connectivity index is 1.64. The summed E-state index contributed by atoms with van der Waals surface area (Å²) in [5.41, 5.74) is 10.1. The third-order valence-corrected chi connectivity index (χ3v) is 5.40. The second kappa shape index (κ2) is 8.82. The number of carbonyl (C=O) groups excluding carboxylic acids is 2. The van der Waals surface area contributed by atoms with Crippen LogP contribution in [0.5, 0.6) is 0 Å². The molecule has 1 heterocycles. The van der Waals surface area contributed by atoms with Gasteiger partial charge in [0.05, 0.1) is 12.2 Å².